The summed E-state index contributed by atoms with van der Waals surface area (Å²) >= 11 is 1.27. The van der Waals surface area contributed by atoms with Gasteiger partial charge in [0, 0.05) is 24.2 Å². The molecule has 0 amide bonds. The van der Waals surface area contributed by atoms with Gasteiger partial charge in [0.05, 0.1) is 0 Å². The minimum Gasteiger partial charge on any atom is -0.312 e. The molecule has 1 atom stereocenters. The molecule has 1 aromatic rings. The van der Waals surface area contributed by atoms with Crippen molar-refractivity contribution in [3.05, 3.63) is 21.2 Å². The van der Waals surface area contributed by atoms with E-state index in [9.17, 15) is 4.79 Å². The Morgan fingerprint density at radius 3 is 3.25 bits per heavy atom. The van der Waals surface area contributed by atoms with E-state index in [1.807, 2.05) is 11.6 Å². The van der Waals surface area contributed by atoms with Crippen LogP contribution in [-0.4, -0.2) is 17.2 Å². The van der Waals surface area contributed by atoms with Gasteiger partial charge in [-0.3, -0.25) is 4.79 Å². The fraction of sp³-hybridized carbons (Fsp3) is 0.625. The van der Waals surface area contributed by atoms with Crippen LogP contribution in [0, 0.1) is 0 Å². The van der Waals surface area contributed by atoms with Gasteiger partial charge in [-0.2, -0.15) is 0 Å². The third-order valence-corrected chi connectivity index (χ3v) is 2.92. The second-order valence-electron chi connectivity index (χ2n) is 3.11. The van der Waals surface area contributed by atoms with E-state index in [1.165, 1.54) is 24.2 Å². The smallest absolute Gasteiger partial charge is 0.307 e. The van der Waals surface area contributed by atoms with Gasteiger partial charge in [0.15, 0.2) is 0 Å². The third-order valence-electron chi connectivity index (χ3n) is 2.22. The Bertz CT molecular complexity index is 298. The van der Waals surface area contributed by atoms with Gasteiger partial charge in [-0.15, -0.1) is 0 Å². The molecule has 1 N–H and O–H groups in total. The molecule has 0 radical (unpaired) electrons. The fourth-order valence-corrected chi connectivity index (χ4v) is 2.17. The van der Waals surface area contributed by atoms with Gasteiger partial charge >= 0.3 is 4.87 Å². The molecular weight excluding hydrogens is 172 g/mol. The van der Waals surface area contributed by atoms with Crippen LogP contribution >= 0.6 is 11.3 Å². The van der Waals surface area contributed by atoms with Crippen molar-refractivity contribution < 1.29 is 0 Å². The molecule has 4 heteroatoms. The fourth-order valence-electron chi connectivity index (χ4n) is 1.58. The first kappa shape index (κ1) is 8.01. The number of aromatic nitrogens is 1. The summed E-state index contributed by atoms with van der Waals surface area (Å²) in [5.74, 6) is 0. The third kappa shape index (κ3) is 1.59. The largest absolute Gasteiger partial charge is 0.312 e. The number of nitrogens with one attached hydrogen (secondary N) is 1. The first-order valence-corrected chi connectivity index (χ1v) is 5.11. The molecule has 2 heterocycles. The predicted molar refractivity (Wildman–Crippen MR) is 49.6 cm³/mol. The van der Waals surface area contributed by atoms with E-state index in [1.54, 1.807) is 4.57 Å². The van der Waals surface area contributed by atoms with E-state index in [2.05, 4.69) is 5.32 Å². The first-order valence-electron chi connectivity index (χ1n) is 4.23. The van der Waals surface area contributed by atoms with E-state index in [0.29, 0.717) is 6.04 Å². The highest BCUT2D eigenvalue weighted by Gasteiger charge is 2.14. The molecule has 0 aliphatic carbocycles. The Labute approximate surface area is 75.0 Å². The number of nitrogens with zero attached hydrogens (tertiary/aromatic N) is 1. The molecule has 0 spiro atoms. The second-order valence-corrected chi connectivity index (χ2v) is 3.97. The van der Waals surface area contributed by atoms with Crippen molar-refractivity contribution in [3.8, 4) is 0 Å². The topological polar surface area (TPSA) is 34.0 Å². The molecule has 0 aromatic carbocycles. The SMILES string of the molecule is O=c1sccn1CC1CCCN1. The Balaban J connectivity index is 2.03. The van der Waals surface area contributed by atoms with Crippen LogP contribution in [0.1, 0.15) is 12.8 Å². The van der Waals surface area contributed by atoms with Crippen molar-refractivity contribution in [1.82, 2.24) is 9.88 Å². The minimum absolute atomic E-state index is 0.156. The van der Waals surface area contributed by atoms with Crippen LogP contribution in [0.5, 0.6) is 0 Å². The zero-order valence-electron chi connectivity index (χ0n) is 6.82. The zero-order chi connectivity index (χ0) is 8.39. The summed E-state index contributed by atoms with van der Waals surface area (Å²) in [6, 6.07) is 0.511. The van der Waals surface area contributed by atoms with Crippen LogP contribution in [0.4, 0.5) is 0 Å². The van der Waals surface area contributed by atoms with E-state index in [-0.39, 0.29) is 4.87 Å². The average molecular weight is 184 g/mol. The highest BCUT2D eigenvalue weighted by Crippen LogP contribution is 2.06. The molecule has 1 saturated heterocycles. The van der Waals surface area contributed by atoms with Crippen molar-refractivity contribution >= 4 is 11.3 Å². The molecule has 1 aliphatic rings. The van der Waals surface area contributed by atoms with Gasteiger partial charge < -0.3 is 9.88 Å². The van der Waals surface area contributed by atoms with Crippen LogP contribution in [0.15, 0.2) is 16.4 Å². The highest BCUT2D eigenvalue weighted by molar-refractivity contribution is 7.07. The number of hydrogen-bond acceptors (Lipinski definition) is 3. The molecule has 1 unspecified atom stereocenters. The summed E-state index contributed by atoms with van der Waals surface area (Å²) in [6.45, 7) is 1.94. The van der Waals surface area contributed by atoms with Crippen molar-refractivity contribution in [1.29, 1.82) is 0 Å². The molecule has 3 nitrogen and oxygen atoms in total. The molecule has 1 fully saturated rings. The first-order chi connectivity index (χ1) is 5.86. The van der Waals surface area contributed by atoms with E-state index in [0.717, 1.165) is 13.1 Å². The summed E-state index contributed by atoms with van der Waals surface area (Å²) in [4.78, 5) is 11.3. The van der Waals surface area contributed by atoms with E-state index < -0.39 is 0 Å². The number of rotatable bonds is 2. The van der Waals surface area contributed by atoms with Crippen LogP contribution < -0.4 is 10.2 Å². The van der Waals surface area contributed by atoms with Crippen LogP contribution in [0.25, 0.3) is 0 Å². The zero-order valence-corrected chi connectivity index (χ0v) is 7.64. The summed E-state index contributed by atoms with van der Waals surface area (Å²) in [7, 11) is 0. The summed E-state index contributed by atoms with van der Waals surface area (Å²) in [5.41, 5.74) is 0. The van der Waals surface area contributed by atoms with Crippen LogP contribution in [-0.2, 0) is 6.54 Å². The normalized spacial score (nSPS) is 23.2. The van der Waals surface area contributed by atoms with Gasteiger partial charge in [-0.05, 0) is 19.4 Å². The number of thiazole rings is 1. The van der Waals surface area contributed by atoms with Gasteiger partial charge in [-0.1, -0.05) is 11.3 Å². The Kier molecular flexibility index (Phi) is 2.28. The molecule has 0 bridgehead atoms. The quantitative estimate of drug-likeness (QED) is 0.732. The van der Waals surface area contributed by atoms with Crippen LogP contribution in [0.2, 0.25) is 0 Å². The maximum absolute atomic E-state index is 11.2. The van der Waals surface area contributed by atoms with E-state index in [4.69, 9.17) is 0 Å². The van der Waals surface area contributed by atoms with Gasteiger partial charge in [0.2, 0.25) is 0 Å². The van der Waals surface area contributed by atoms with Gasteiger partial charge in [0.25, 0.3) is 0 Å². The molecule has 12 heavy (non-hydrogen) atoms. The predicted octanol–water partition coefficient (Wildman–Crippen LogP) is 0.662. The number of hydrogen-bond donors (Lipinski definition) is 1. The van der Waals surface area contributed by atoms with Gasteiger partial charge in [-0.25, -0.2) is 0 Å². The highest BCUT2D eigenvalue weighted by atomic mass is 32.1. The van der Waals surface area contributed by atoms with Crippen molar-refractivity contribution in [2.24, 2.45) is 0 Å². The van der Waals surface area contributed by atoms with Gasteiger partial charge in [0.1, 0.15) is 0 Å². The second kappa shape index (κ2) is 3.41. The van der Waals surface area contributed by atoms with Crippen molar-refractivity contribution in [2.75, 3.05) is 6.54 Å². The monoisotopic (exact) mass is 184 g/mol. The lowest BCUT2D eigenvalue weighted by Gasteiger charge is -2.09. The summed E-state index contributed by atoms with van der Waals surface area (Å²) in [5, 5.41) is 5.21. The molecule has 66 valence electrons. The summed E-state index contributed by atoms with van der Waals surface area (Å²) < 4.78 is 1.79. The minimum atomic E-state index is 0.156. The Morgan fingerprint density at radius 2 is 2.67 bits per heavy atom. The standard InChI is InChI=1S/C8H12N2OS/c11-8-10(4-5-12-8)6-7-2-1-3-9-7/h4-5,7,9H,1-3,6H2. The van der Waals surface area contributed by atoms with Crippen molar-refractivity contribution in [2.45, 2.75) is 25.4 Å². The molecule has 0 saturated carbocycles. The van der Waals surface area contributed by atoms with E-state index >= 15 is 0 Å². The summed E-state index contributed by atoms with van der Waals surface area (Å²) in [6.07, 6.45) is 4.30. The maximum Gasteiger partial charge on any atom is 0.307 e. The molecule has 1 aromatic heterocycles. The average Bonchev–Trinajstić information content (AvgIpc) is 2.65. The van der Waals surface area contributed by atoms with Crippen LogP contribution in [0.3, 0.4) is 0 Å². The maximum atomic E-state index is 11.2. The van der Waals surface area contributed by atoms with Crippen molar-refractivity contribution in [3.63, 3.8) is 0 Å². The lowest BCUT2D eigenvalue weighted by Crippen LogP contribution is -2.29. The lowest BCUT2D eigenvalue weighted by molar-refractivity contribution is 0.505. The molecule has 1 aliphatic heterocycles. The Hall–Kier alpha value is -0.610. The molecular formula is C8H12N2OS. The Morgan fingerprint density at radius 1 is 1.75 bits per heavy atom. The molecule has 2 rings (SSSR count). The lowest BCUT2D eigenvalue weighted by atomic mass is 10.2.